The van der Waals surface area contributed by atoms with Crippen LogP contribution in [0, 0.1) is 0 Å². The van der Waals surface area contributed by atoms with Gasteiger partial charge in [-0.25, -0.2) is 8.78 Å². The molecule has 0 spiro atoms. The van der Waals surface area contributed by atoms with Crippen molar-refractivity contribution in [3.8, 4) is 22.6 Å². The number of nitrogens with zero attached hydrogens (tertiary/aromatic N) is 6. The number of halogens is 2. The zero-order chi connectivity index (χ0) is 44.0. The number of carbonyl (C=O) groups is 4. The van der Waals surface area contributed by atoms with Crippen molar-refractivity contribution >= 4 is 50.7 Å². The number of carbonyl (C=O) groups excluding carboxylic acids is 4. The fraction of sp³-hybridized carbons (Fsp3) is 0.477. The SMILES string of the molecule is COc1cc(-c2cn(C)c(=O)c3cc(C(=O)NC4CCN(CCN5CCN(c6ccc7c(c6)C(=O)N(C6CCC(=O)NC6=O)C7)CC5)CC4(F)F)sc23)cc(OC)c1CN(C)C. The van der Waals surface area contributed by atoms with Gasteiger partial charge in [0.1, 0.15) is 17.5 Å². The van der Waals surface area contributed by atoms with Crippen LogP contribution in [0.3, 0.4) is 0 Å². The lowest BCUT2D eigenvalue weighted by Gasteiger charge is -2.40. The maximum absolute atomic E-state index is 15.7. The van der Waals surface area contributed by atoms with Gasteiger partial charge in [0, 0.05) is 100 Å². The molecule has 2 N–H and O–H groups in total. The Hall–Kier alpha value is -5.43. The molecule has 0 aliphatic carbocycles. The highest BCUT2D eigenvalue weighted by Crippen LogP contribution is 2.40. The van der Waals surface area contributed by atoms with Crippen LogP contribution < -0.4 is 30.6 Å². The summed E-state index contributed by atoms with van der Waals surface area (Å²) < 4.78 is 44.9. The molecule has 330 valence electrons. The number of piperazine rings is 1. The smallest absolute Gasteiger partial charge is 0.280 e. The van der Waals surface area contributed by atoms with E-state index in [0.717, 1.165) is 46.8 Å². The summed E-state index contributed by atoms with van der Waals surface area (Å²) >= 11 is 1.10. The Labute approximate surface area is 362 Å². The van der Waals surface area contributed by atoms with Crippen molar-refractivity contribution in [2.24, 2.45) is 7.05 Å². The normalized spacial score (nSPS) is 20.8. The van der Waals surface area contributed by atoms with Gasteiger partial charge in [0.05, 0.1) is 42.6 Å². The van der Waals surface area contributed by atoms with Crippen LogP contribution in [0.4, 0.5) is 14.5 Å². The molecule has 2 atom stereocenters. The van der Waals surface area contributed by atoms with E-state index in [-0.39, 0.29) is 35.1 Å². The molecule has 62 heavy (non-hydrogen) atoms. The number of fused-ring (bicyclic) bond motifs is 2. The Kier molecular flexibility index (Phi) is 12.1. The van der Waals surface area contributed by atoms with Crippen LogP contribution in [0.2, 0.25) is 0 Å². The summed E-state index contributed by atoms with van der Waals surface area (Å²) in [6.07, 6.45) is 2.28. The van der Waals surface area contributed by atoms with Crippen LogP contribution in [0.1, 0.15) is 50.4 Å². The number of piperidine rings is 2. The van der Waals surface area contributed by atoms with Gasteiger partial charge in [-0.2, -0.15) is 0 Å². The Morgan fingerprint density at radius 1 is 0.935 bits per heavy atom. The second-order valence-electron chi connectivity index (χ2n) is 16.8. The molecule has 4 aliphatic heterocycles. The number of thiophene rings is 1. The van der Waals surface area contributed by atoms with Crippen molar-refractivity contribution in [1.29, 1.82) is 0 Å². The van der Waals surface area contributed by atoms with E-state index < -0.39 is 36.4 Å². The van der Waals surface area contributed by atoms with Crippen LogP contribution in [-0.4, -0.2) is 146 Å². The predicted molar refractivity (Wildman–Crippen MR) is 231 cm³/mol. The molecule has 3 saturated heterocycles. The van der Waals surface area contributed by atoms with Crippen molar-refractivity contribution in [2.45, 2.75) is 50.4 Å². The lowest BCUT2D eigenvalue weighted by molar-refractivity contribution is -0.136. The third-order valence-electron chi connectivity index (χ3n) is 12.4. The minimum atomic E-state index is -3.18. The van der Waals surface area contributed by atoms with E-state index >= 15 is 8.78 Å². The first kappa shape index (κ1) is 43.2. The number of imide groups is 1. The Bertz CT molecular complexity index is 2460. The van der Waals surface area contributed by atoms with Gasteiger partial charge in [0.15, 0.2) is 0 Å². The number of aromatic nitrogens is 1. The highest BCUT2D eigenvalue weighted by atomic mass is 32.1. The number of nitrogens with one attached hydrogen (secondary N) is 2. The average molecular weight is 875 g/mol. The van der Waals surface area contributed by atoms with Crippen LogP contribution >= 0.6 is 11.3 Å². The van der Waals surface area contributed by atoms with E-state index in [1.807, 2.05) is 49.3 Å². The quantitative estimate of drug-likeness (QED) is 0.202. The number of aryl methyl sites for hydroxylation is 1. The fourth-order valence-corrected chi connectivity index (χ4v) is 10.1. The highest BCUT2D eigenvalue weighted by Gasteiger charge is 2.46. The maximum Gasteiger partial charge on any atom is 0.280 e. The number of amides is 4. The molecule has 2 unspecified atom stereocenters. The molecule has 2 aromatic carbocycles. The summed E-state index contributed by atoms with van der Waals surface area (Å²) in [5.74, 6) is -3.58. The molecule has 15 nitrogen and oxygen atoms in total. The highest BCUT2D eigenvalue weighted by molar-refractivity contribution is 7.21. The predicted octanol–water partition coefficient (Wildman–Crippen LogP) is 3.37. The molecule has 4 aromatic rings. The topological polar surface area (TPSA) is 149 Å². The maximum atomic E-state index is 15.7. The summed E-state index contributed by atoms with van der Waals surface area (Å²) in [5.41, 5.74) is 4.29. The Morgan fingerprint density at radius 2 is 1.65 bits per heavy atom. The molecule has 4 aliphatic rings. The van der Waals surface area contributed by atoms with Crippen molar-refractivity contribution in [1.82, 2.24) is 34.8 Å². The number of likely N-dealkylation sites (tertiary alicyclic amines) is 1. The molecule has 2 aromatic heterocycles. The van der Waals surface area contributed by atoms with E-state index in [9.17, 15) is 24.0 Å². The van der Waals surface area contributed by atoms with Crippen LogP contribution in [0.15, 0.2) is 47.4 Å². The van der Waals surface area contributed by atoms with Crippen LogP contribution in [-0.2, 0) is 29.7 Å². The van der Waals surface area contributed by atoms with Gasteiger partial charge >= 0.3 is 0 Å². The summed E-state index contributed by atoms with van der Waals surface area (Å²) in [6.45, 7) is 4.71. The molecule has 18 heteroatoms. The minimum Gasteiger partial charge on any atom is -0.496 e. The zero-order valence-corrected chi connectivity index (χ0v) is 36.4. The number of pyridine rings is 1. The third-order valence-corrected chi connectivity index (χ3v) is 13.6. The lowest BCUT2D eigenvalue weighted by Crippen LogP contribution is -2.59. The first-order chi connectivity index (χ1) is 29.6. The molecule has 8 rings (SSSR count). The van der Waals surface area contributed by atoms with Gasteiger partial charge in [-0.3, -0.25) is 39.1 Å². The number of rotatable bonds is 12. The average Bonchev–Trinajstić information content (AvgIpc) is 3.84. The number of hydrogen-bond donors (Lipinski definition) is 2. The molecule has 0 saturated carbocycles. The minimum absolute atomic E-state index is 0.0708. The second-order valence-corrected chi connectivity index (χ2v) is 17.9. The standard InChI is InChI=1S/C44H52F2N8O7S/c1-49(2)23-32-34(60-4)18-27(19-35(32)61-5)31-24-50(3)42(58)30-21-36(62-39(30)31)41(57)47-37-10-11-52(25-44(37,45)46)13-12-51-14-16-53(17-15-51)28-7-6-26-22-54(43(59)29(26)20-28)33-8-9-38(55)48-40(33)56/h6-7,18-21,24,33,37H,8-17,22-23,25H2,1-5H3,(H,47,57)(H,48,55,56). The molecule has 0 bridgehead atoms. The molecule has 0 radical (unpaired) electrons. The lowest BCUT2D eigenvalue weighted by atomic mass is 10.0. The Morgan fingerprint density at radius 3 is 2.31 bits per heavy atom. The van der Waals surface area contributed by atoms with Crippen molar-refractivity contribution in [3.63, 3.8) is 0 Å². The van der Waals surface area contributed by atoms with Crippen molar-refractivity contribution < 1.29 is 37.4 Å². The second kappa shape index (κ2) is 17.4. The first-order valence-corrected chi connectivity index (χ1v) is 21.6. The van der Waals surface area contributed by atoms with Gasteiger partial charge in [-0.05, 0) is 68.4 Å². The van der Waals surface area contributed by atoms with E-state index in [2.05, 4.69) is 20.4 Å². The first-order valence-electron chi connectivity index (χ1n) is 20.8. The number of hydrogen-bond acceptors (Lipinski definition) is 12. The van der Waals surface area contributed by atoms with E-state index in [1.165, 1.54) is 10.6 Å². The number of anilines is 1. The Balaban J connectivity index is 0.859. The van der Waals surface area contributed by atoms with Crippen LogP contribution in [0.5, 0.6) is 11.5 Å². The van der Waals surface area contributed by atoms with Gasteiger partial charge in [0.2, 0.25) is 11.8 Å². The van der Waals surface area contributed by atoms with Crippen molar-refractivity contribution in [3.05, 3.63) is 74.5 Å². The summed E-state index contributed by atoms with van der Waals surface area (Å²) in [5, 5.41) is 5.26. The van der Waals surface area contributed by atoms with Gasteiger partial charge in [-0.1, -0.05) is 6.07 Å². The summed E-state index contributed by atoms with van der Waals surface area (Å²) in [7, 11) is 8.68. The number of ether oxygens (including phenoxy) is 2. The van der Waals surface area contributed by atoms with E-state index in [1.54, 1.807) is 37.3 Å². The molecule has 4 amide bonds. The molecular weight excluding hydrogens is 823 g/mol. The number of benzene rings is 2. The largest absolute Gasteiger partial charge is 0.496 e. The fourth-order valence-electron chi connectivity index (χ4n) is 9.04. The molecule has 3 fully saturated rings. The zero-order valence-electron chi connectivity index (χ0n) is 35.6. The van der Waals surface area contributed by atoms with Gasteiger partial charge < -0.3 is 34.1 Å². The van der Waals surface area contributed by atoms with Gasteiger partial charge in [-0.15, -0.1) is 11.3 Å². The number of methoxy groups -OCH3 is 2. The molecule has 6 heterocycles. The summed E-state index contributed by atoms with van der Waals surface area (Å²) in [4.78, 5) is 74.2. The van der Waals surface area contributed by atoms with Crippen molar-refractivity contribution in [2.75, 3.05) is 85.6 Å². The van der Waals surface area contributed by atoms with E-state index in [0.29, 0.717) is 84.9 Å². The monoisotopic (exact) mass is 874 g/mol. The van der Waals surface area contributed by atoms with Crippen LogP contribution in [0.25, 0.3) is 21.2 Å². The molecular formula is C44H52F2N8O7S. The third kappa shape index (κ3) is 8.52. The van der Waals surface area contributed by atoms with E-state index in [4.69, 9.17) is 9.47 Å². The van der Waals surface area contributed by atoms with Gasteiger partial charge in [0.25, 0.3) is 23.3 Å². The summed E-state index contributed by atoms with van der Waals surface area (Å²) in [6, 6.07) is 9.00. The number of alkyl halides is 2.